The van der Waals surface area contributed by atoms with E-state index >= 15 is 0 Å². The van der Waals surface area contributed by atoms with Gasteiger partial charge < -0.3 is 15.3 Å². The van der Waals surface area contributed by atoms with E-state index in [1.165, 1.54) is 19.4 Å². The molecule has 14 heavy (non-hydrogen) atoms. The summed E-state index contributed by atoms with van der Waals surface area (Å²) in [4.78, 5) is 2.46. The molecule has 0 saturated carbocycles. The van der Waals surface area contributed by atoms with Crippen molar-refractivity contribution in [1.82, 2.24) is 10.2 Å². The van der Waals surface area contributed by atoms with Gasteiger partial charge in [0.25, 0.3) is 0 Å². The predicted octanol–water partition coefficient (Wildman–Crippen LogP) is 0.689. The van der Waals surface area contributed by atoms with Crippen LogP contribution >= 0.6 is 0 Å². The molecule has 1 rings (SSSR count). The van der Waals surface area contributed by atoms with Gasteiger partial charge in [-0.25, -0.2) is 0 Å². The molecule has 1 saturated heterocycles. The summed E-state index contributed by atoms with van der Waals surface area (Å²) in [6.07, 6.45) is 2.44. The van der Waals surface area contributed by atoms with Gasteiger partial charge in [0, 0.05) is 32.3 Å². The lowest BCUT2D eigenvalue weighted by Crippen LogP contribution is -2.41. The Hall–Kier alpha value is -0.120. The molecule has 0 spiro atoms. The van der Waals surface area contributed by atoms with Crippen LogP contribution in [0.3, 0.4) is 0 Å². The standard InChI is InChI=1S/C11H24N2O/c1-10(2)12-5-7-13-6-3-4-11(8-13)9-14/h10-12,14H,3-9H2,1-2H3. The lowest BCUT2D eigenvalue weighted by atomic mass is 9.99. The maximum Gasteiger partial charge on any atom is 0.0471 e. The summed E-state index contributed by atoms with van der Waals surface area (Å²) in [6.45, 7) is 9.17. The van der Waals surface area contributed by atoms with Gasteiger partial charge in [-0.05, 0) is 25.3 Å². The van der Waals surface area contributed by atoms with Crippen molar-refractivity contribution in [3.05, 3.63) is 0 Å². The van der Waals surface area contributed by atoms with E-state index in [0.717, 1.165) is 19.6 Å². The third kappa shape index (κ3) is 4.40. The van der Waals surface area contributed by atoms with E-state index in [1.807, 2.05) is 0 Å². The molecule has 1 fully saturated rings. The van der Waals surface area contributed by atoms with Crippen molar-refractivity contribution >= 4 is 0 Å². The number of hydrogen-bond donors (Lipinski definition) is 2. The molecule has 1 heterocycles. The van der Waals surface area contributed by atoms with Crippen LogP contribution in [-0.4, -0.2) is 48.8 Å². The van der Waals surface area contributed by atoms with Gasteiger partial charge in [0.05, 0.1) is 0 Å². The summed E-state index contributed by atoms with van der Waals surface area (Å²) < 4.78 is 0. The maximum atomic E-state index is 9.08. The lowest BCUT2D eigenvalue weighted by molar-refractivity contribution is 0.120. The third-order valence-corrected chi connectivity index (χ3v) is 2.84. The average molecular weight is 200 g/mol. The van der Waals surface area contributed by atoms with Crippen LogP contribution in [0.2, 0.25) is 0 Å². The second-order valence-corrected chi connectivity index (χ2v) is 4.60. The number of nitrogens with zero attached hydrogens (tertiary/aromatic N) is 1. The van der Waals surface area contributed by atoms with Crippen LogP contribution in [0.15, 0.2) is 0 Å². The average Bonchev–Trinajstić information content (AvgIpc) is 2.18. The zero-order chi connectivity index (χ0) is 10.4. The van der Waals surface area contributed by atoms with E-state index in [0.29, 0.717) is 18.6 Å². The minimum Gasteiger partial charge on any atom is -0.396 e. The molecule has 0 aromatic carbocycles. The van der Waals surface area contributed by atoms with Gasteiger partial charge in [0.15, 0.2) is 0 Å². The van der Waals surface area contributed by atoms with Crippen LogP contribution in [0.1, 0.15) is 26.7 Å². The first-order valence-electron chi connectivity index (χ1n) is 5.79. The van der Waals surface area contributed by atoms with Gasteiger partial charge in [0.2, 0.25) is 0 Å². The molecule has 0 bridgehead atoms. The Kier molecular flexibility index (Phi) is 5.45. The van der Waals surface area contributed by atoms with Crippen LogP contribution < -0.4 is 5.32 Å². The van der Waals surface area contributed by atoms with E-state index in [4.69, 9.17) is 5.11 Å². The molecule has 0 aliphatic carbocycles. The first kappa shape index (κ1) is 12.0. The van der Waals surface area contributed by atoms with E-state index in [2.05, 4.69) is 24.1 Å². The van der Waals surface area contributed by atoms with Crippen molar-refractivity contribution in [3.8, 4) is 0 Å². The largest absolute Gasteiger partial charge is 0.396 e. The van der Waals surface area contributed by atoms with Crippen molar-refractivity contribution in [2.75, 3.05) is 32.8 Å². The van der Waals surface area contributed by atoms with E-state index < -0.39 is 0 Å². The molecular formula is C11H24N2O. The molecule has 1 atom stereocenters. The molecule has 2 N–H and O–H groups in total. The van der Waals surface area contributed by atoms with Crippen LogP contribution in [0.25, 0.3) is 0 Å². The Balaban J connectivity index is 2.11. The van der Waals surface area contributed by atoms with Crippen LogP contribution in [0.5, 0.6) is 0 Å². The zero-order valence-electron chi connectivity index (χ0n) is 9.50. The molecule has 1 aliphatic heterocycles. The smallest absolute Gasteiger partial charge is 0.0471 e. The number of aliphatic hydroxyl groups excluding tert-OH is 1. The van der Waals surface area contributed by atoms with Gasteiger partial charge in [-0.15, -0.1) is 0 Å². The number of rotatable bonds is 5. The molecular weight excluding hydrogens is 176 g/mol. The monoisotopic (exact) mass is 200 g/mol. The Labute approximate surface area is 87.5 Å². The number of nitrogens with one attached hydrogen (secondary N) is 1. The summed E-state index contributed by atoms with van der Waals surface area (Å²) in [5, 5.41) is 12.5. The Morgan fingerprint density at radius 1 is 1.50 bits per heavy atom. The predicted molar refractivity (Wildman–Crippen MR) is 59.4 cm³/mol. The van der Waals surface area contributed by atoms with Crippen molar-refractivity contribution in [1.29, 1.82) is 0 Å². The fourth-order valence-corrected chi connectivity index (χ4v) is 2.01. The number of hydrogen-bond acceptors (Lipinski definition) is 3. The molecule has 0 aromatic heterocycles. The fraction of sp³-hybridized carbons (Fsp3) is 1.00. The van der Waals surface area contributed by atoms with Crippen LogP contribution in [0, 0.1) is 5.92 Å². The summed E-state index contributed by atoms with van der Waals surface area (Å²) in [5.74, 6) is 0.516. The van der Waals surface area contributed by atoms with E-state index in [9.17, 15) is 0 Å². The van der Waals surface area contributed by atoms with Gasteiger partial charge in [-0.3, -0.25) is 0 Å². The summed E-state index contributed by atoms with van der Waals surface area (Å²) in [6, 6.07) is 0.577. The molecule has 84 valence electrons. The highest BCUT2D eigenvalue weighted by atomic mass is 16.3. The highest BCUT2D eigenvalue weighted by molar-refractivity contribution is 4.72. The number of piperidine rings is 1. The molecule has 1 aliphatic rings. The minimum atomic E-state index is 0.355. The first-order valence-corrected chi connectivity index (χ1v) is 5.79. The third-order valence-electron chi connectivity index (χ3n) is 2.84. The zero-order valence-corrected chi connectivity index (χ0v) is 9.50. The van der Waals surface area contributed by atoms with Crippen molar-refractivity contribution < 1.29 is 5.11 Å². The molecule has 0 aromatic rings. The number of likely N-dealkylation sites (tertiary alicyclic amines) is 1. The van der Waals surface area contributed by atoms with Crippen molar-refractivity contribution in [2.24, 2.45) is 5.92 Å². The van der Waals surface area contributed by atoms with Gasteiger partial charge in [-0.2, -0.15) is 0 Å². The highest BCUT2D eigenvalue weighted by Gasteiger charge is 2.18. The highest BCUT2D eigenvalue weighted by Crippen LogP contribution is 2.14. The van der Waals surface area contributed by atoms with Gasteiger partial charge >= 0.3 is 0 Å². The SMILES string of the molecule is CC(C)NCCN1CCCC(CO)C1. The second kappa shape index (κ2) is 6.38. The van der Waals surface area contributed by atoms with Crippen LogP contribution in [0.4, 0.5) is 0 Å². The molecule has 3 nitrogen and oxygen atoms in total. The van der Waals surface area contributed by atoms with E-state index in [-0.39, 0.29) is 0 Å². The molecule has 0 radical (unpaired) electrons. The minimum absolute atomic E-state index is 0.355. The normalized spacial score (nSPS) is 24.4. The summed E-state index contributed by atoms with van der Waals surface area (Å²) >= 11 is 0. The number of aliphatic hydroxyl groups is 1. The van der Waals surface area contributed by atoms with E-state index in [1.54, 1.807) is 0 Å². The summed E-state index contributed by atoms with van der Waals surface area (Å²) in [7, 11) is 0. The Bertz CT molecular complexity index is 150. The second-order valence-electron chi connectivity index (χ2n) is 4.60. The Morgan fingerprint density at radius 2 is 2.29 bits per heavy atom. The maximum absolute atomic E-state index is 9.08. The van der Waals surface area contributed by atoms with Gasteiger partial charge in [0.1, 0.15) is 0 Å². The fourth-order valence-electron chi connectivity index (χ4n) is 2.01. The first-order chi connectivity index (χ1) is 6.72. The van der Waals surface area contributed by atoms with Crippen LogP contribution in [-0.2, 0) is 0 Å². The van der Waals surface area contributed by atoms with Gasteiger partial charge in [-0.1, -0.05) is 13.8 Å². The van der Waals surface area contributed by atoms with Crippen molar-refractivity contribution in [2.45, 2.75) is 32.7 Å². The molecule has 1 unspecified atom stereocenters. The quantitative estimate of drug-likeness (QED) is 0.685. The summed E-state index contributed by atoms with van der Waals surface area (Å²) in [5.41, 5.74) is 0. The Morgan fingerprint density at radius 3 is 2.93 bits per heavy atom. The topological polar surface area (TPSA) is 35.5 Å². The molecule has 3 heteroatoms. The lowest BCUT2D eigenvalue weighted by Gasteiger charge is -2.31. The molecule has 0 amide bonds. The van der Waals surface area contributed by atoms with Crippen molar-refractivity contribution in [3.63, 3.8) is 0 Å².